The summed E-state index contributed by atoms with van der Waals surface area (Å²) in [5.74, 6) is 0.442. The van der Waals surface area contributed by atoms with Crippen molar-refractivity contribution in [3.8, 4) is 22.8 Å². The SMILES string of the molecule is CCOC(=O)C(C)Oc1c(Br)cc(C=NNc2nc(-c3ccccc3)cs2)cc1OC. The van der Waals surface area contributed by atoms with E-state index in [4.69, 9.17) is 14.2 Å². The fourth-order valence-electron chi connectivity index (χ4n) is 2.64. The van der Waals surface area contributed by atoms with E-state index in [1.165, 1.54) is 18.4 Å². The van der Waals surface area contributed by atoms with Crippen molar-refractivity contribution < 1.29 is 19.0 Å². The number of carbonyl (C=O) groups is 1. The molecule has 7 nitrogen and oxygen atoms in total. The minimum atomic E-state index is -0.768. The van der Waals surface area contributed by atoms with E-state index in [0.29, 0.717) is 27.7 Å². The highest BCUT2D eigenvalue weighted by molar-refractivity contribution is 9.10. The molecule has 9 heteroatoms. The molecule has 3 aromatic rings. The molecule has 0 amide bonds. The molecule has 0 aliphatic rings. The Morgan fingerprint density at radius 1 is 1.32 bits per heavy atom. The minimum Gasteiger partial charge on any atom is -0.493 e. The molecule has 0 bridgehead atoms. The van der Waals surface area contributed by atoms with E-state index in [-0.39, 0.29) is 0 Å². The van der Waals surface area contributed by atoms with Crippen LogP contribution in [0.5, 0.6) is 11.5 Å². The Hall–Kier alpha value is -2.91. The standard InChI is InChI=1S/C22H22BrN3O4S/c1-4-29-21(27)14(2)30-20-17(23)10-15(11-19(20)28-3)12-24-26-22-25-18(13-31-22)16-8-6-5-7-9-16/h5-14H,4H2,1-3H3,(H,25,26). The number of benzene rings is 2. The van der Waals surface area contributed by atoms with Gasteiger partial charge in [0.15, 0.2) is 17.6 Å². The van der Waals surface area contributed by atoms with Gasteiger partial charge >= 0.3 is 5.97 Å². The van der Waals surface area contributed by atoms with E-state index < -0.39 is 12.1 Å². The molecular formula is C22H22BrN3O4S. The molecule has 2 aromatic carbocycles. The zero-order chi connectivity index (χ0) is 22.2. The van der Waals surface area contributed by atoms with E-state index in [1.807, 2.05) is 41.8 Å². The van der Waals surface area contributed by atoms with Gasteiger partial charge in [-0.05, 0) is 47.5 Å². The van der Waals surface area contributed by atoms with Crippen molar-refractivity contribution in [2.45, 2.75) is 20.0 Å². The van der Waals surface area contributed by atoms with Crippen LogP contribution in [0.4, 0.5) is 5.13 Å². The summed E-state index contributed by atoms with van der Waals surface area (Å²) in [6.07, 6.45) is 0.880. The predicted octanol–water partition coefficient (Wildman–Crippen LogP) is 5.36. The molecule has 1 N–H and O–H groups in total. The number of hydrogen-bond acceptors (Lipinski definition) is 8. The summed E-state index contributed by atoms with van der Waals surface area (Å²) in [5.41, 5.74) is 5.66. The molecule has 0 spiro atoms. The normalized spacial score (nSPS) is 11.9. The van der Waals surface area contributed by atoms with Crippen LogP contribution in [0.1, 0.15) is 19.4 Å². The van der Waals surface area contributed by atoms with Crippen LogP contribution in [0.2, 0.25) is 0 Å². The number of anilines is 1. The second kappa shape index (κ2) is 10.9. The smallest absolute Gasteiger partial charge is 0.347 e. The Morgan fingerprint density at radius 2 is 2.10 bits per heavy atom. The monoisotopic (exact) mass is 503 g/mol. The molecule has 0 fully saturated rings. The average Bonchev–Trinajstić information content (AvgIpc) is 3.25. The molecule has 162 valence electrons. The van der Waals surface area contributed by atoms with E-state index >= 15 is 0 Å². The number of aromatic nitrogens is 1. The van der Waals surface area contributed by atoms with Gasteiger partial charge in [0.25, 0.3) is 0 Å². The summed E-state index contributed by atoms with van der Waals surface area (Å²) >= 11 is 4.94. The Kier molecular flexibility index (Phi) is 8.02. The quantitative estimate of drug-likeness (QED) is 0.240. The summed E-state index contributed by atoms with van der Waals surface area (Å²) in [7, 11) is 1.53. The maximum atomic E-state index is 11.9. The molecule has 0 aliphatic carbocycles. The summed E-state index contributed by atoms with van der Waals surface area (Å²) in [6.45, 7) is 3.66. The lowest BCUT2D eigenvalue weighted by molar-refractivity contribution is -0.150. The molecule has 1 unspecified atom stereocenters. The minimum absolute atomic E-state index is 0.291. The first-order chi connectivity index (χ1) is 15.0. The zero-order valence-corrected chi connectivity index (χ0v) is 19.7. The fraction of sp³-hybridized carbons (Fsp3) is 0.227. The maximum Gasteiger partial charge on any atom is 0.347 e. The van der Waals surface area contributed by atoms with Crippen molar-refractivity contribution >= 4 is 44.6 Å². The van der Waals surface area contributed by atoms with E-state index in [0.717, 1.165) is 16.8 Å². The Balaban J connectivity index is 1.69. The summed E-state index contributed by atoms with van der Waals surface area (Å²) < 4.78 is 16.8. The number of ether oxygens (including phenoxy) is 3. The van der Waals surface area contributed by atoms with Gasteiger partial charge in [-0.1, -0.05) is 30.3 Å². The molecule has 31 heavy (non-hydrogen) atoms. The van der Waals surface area contributed by atoms with Gasteiger partial charge in [0.1, 0.15) is 0 Å². The highest BCUT2D eigenvalue weighted by atomic mass is 79.9. The molecule has 0 aliphatic heterocycles. The van der Waals surface area contributed by atoms with E-state index in [2.05, 4.69) is 31.4 Å². The van der Waals surface area contributed by atoms with Crippen molar-refractivity contribution in [2.24, 2.45) is 5.10 Å². The first-order valence-corrected chi connectivity index (χ1v) is 11.2. The highest BCUT2D eigenvalue weighted by Crippen LogP contribution is 2.37. The summed E-state index contributed by atoms with van der Waals surface area (Å²) in [6, 6.07) is 13.5. The van der Waals surface area contributed by atoms with Crippen LogP contribution in [0, 0.1) is 0 Å². The summed E-state index contributed by atoms with van der Waals surface area (Å²) in [4.78, 5) is 16.4. The molecule has 1 heterocycles. The molecule has 0 radical (unpaired) electrons. The van der Waals surface area contributed by atoms with Crippen LogP contribution >= 0.6 is 27.3 Å². The van der Waals surface area contributed by atoms with Crippen molar-refractivity contribution in [2.75, 3.05) is 19.1 Å². The molecule has 0 saturated heterocycles. The van der Waals surface area contributed by atoms with Crippen molar-refractivity contribution in [3.63, 3.8) is 0 Å². The number of thiazole rings is 1. The maximum absolute atomic E-state index is 11.9. The second-order valence-electron chi connectivity index (χ2n) is 6.32. The molecule has 0 saturated carbocycles. The van der Waals surface area contributed by atoms with Crippen molar-refractivity contribution in [1.82, 2.24) is 4.98 Å². The van der Waals surface area contributed by atoms with Crippen LogP contribution in [-0.2, 0) is 9.53 Å². The molecular weight excluding hydrogens is 482 g/mol. The second-order valence-corrected chi connectivity index (χ2v) is 8.03. The molecule has 1 atom stereocenters. The number of hydrazone groups is 1. The van der Waals surface area contributed by atoms with Crippen LogP contribution < -0.4 is 14.9 Å². The van der Waals surface area contributed by atoms with E-state index in [9.17, 15) is 4.79 Å². The lowest BCUT2D eigenvalue weighted by Crippen LogP contribution is -2.26. The number of halogens is 1. The number of nitrogens with zero attached hydrogens (tertiary/aromatic N) is 2. The largest absolute Gasteiger partial charge is 0.493 e. The average molecular weight is 504 g/mol. The third-order valence-electron chi connectivity index (χ3n) is 4.11. The summed E-state index contributed by atoms with van der Waals surface area (Å²) in [5, 5.41) is 6.92. The number of carbonyl (C=O) groups excluding carboxylic acids is 1. The Bertz CT molecular complexity index is 1060. The number of hydrogen-bond donors (Lipinski definition) is 1. The van der Waals surface area contributed by atoms with Gasteiger partial charge in [0, 0.05) is 10.9 Å². The van der Waals surface area contributed by atoms with Crippen LogP contribution in [0.15, 0.2) is 57.4 Å². The van der Waals surface area contributed by atoms with Gasteiger partial charge in [-0.15, -0.1) is 11.3 Å². The van der Waals surface area contributed by atoms with Gasteiger partial charge in [-0.2, -0.15) is 5.10 Å². The highest BCUT2D eigenvalue weighted by Gasteiger charge is 2.20. The van der Waals surface area contributed by atoms with Gasteiger partial charge in [0.05, 0.1) is 30.1 Å². The van der Waals surface area contributed by atoms with Gasteiger partial charge < -0.3 is 14.2 Å². The fourth-order valence-corrected chi connectivity index (χ4v) is 3.86. The number of esters is 1. The van der Waals surface area contributed by atoms with Crippen molar-refractivity contribution in [1.29, 1.82) is 0 Å². The zero-order valence-electron chi connectivity index (χ0n) is 17.3. The van der Waals surface area contributed by atoms with Crippen LogP contribution in [0.25, 0.3) is 11.3 Å². The lowest BCUT2D eigenvalue weighted by atomic mass is 10.2. The first kappa shape index (κ1) is 22.8. The van der Waals surface area contributed by atoms with Gasteiger partial charge in [0.2, 0.25) is 5.13 Å². The molecule has 3 rings (SSSR count). The van der Waals surface area contributed by atoms with Gasteiger partial charge in [-0.25, -0.2) is 9.78 Å². The third-order valence-corrected chi connectivity index (χ3v) is 5.45. The number of rotatable bonds is 9. The van der Waals surface area contributed by atoms with Crippen LogP contribution in [0.3, 0.4) is 0 Å². The van der Waals surface area contributed by atoms with Crippen molar-refractivity contribution in [3.05, 3.63) is 57.9 Å². The van der Waals surface area contributed by atoms with Crippen LogP contribution in [-0.4, -0.2) is 37.0 Å². The van der Waals surface area contributed by atoms with Gasteiger partial charge in [-0.3, -0.25) is 5.43 Å². The Labute approximate surface area is 193 Å². The lowest BCUT2D eigenvalue weighted by Gasteiger charge is -2.17. The number of nitrogens with one attached hydrogen (secondary N) is 1. The third kappa shape index (κ3) is 6.05. The first-order valence-electron chi connectivity index (χ1n) is 9.52. The molecule has 1 aromatic heterocycles. The topological polar surface area (TPSA) is 82.0 Å². The number of methoxy groups -OCH3 is 1. The Morgan fingerprint density at radius 3 is 2.81 bits per heavy atom. The predicted molar refractivity (Wildman–Crippen MR) is 126 cm³/mol. The van der Waals surface area contributed by atoms with E-state index in [1.54, 1.807) is 26.1 Å².